The van der Waals surface area contributed by atoms with Gasteiger partial charge >= 0.3 is 5.97 Å². The molecular formula is C22H17Cl3N2O2S. The number of allylic oxidation sites excluding steroid dienone is 1. The number of hydrogen-bond acceptors (Lipinski definition) is 4. The minimum Gasteiger partial charge on any atom is -0.452 e. The highest BCUT2D eigenvalue weighted by molar-refractivity contribution is 8.01. The van der Waals surface area contributed by atoms with Crippen LogP contribution in [0, 0.1) is 0 Å². The van der Waals surface area contributed by atoms with Gasteiger partial charge in [0, 0.05) is 39.4 Å². The first-order valence-corrected chi connectivity index (χ1v) is 11.1. The summed E-state index contributed by atoms with van der Waals surface area (Å²) in [5, 5.41) is 1.33. The molecule has 2 aromatic carbocycles. The molecule has 0 amide bonds. The van der Waals surface area contributed by atoms with Gasteiger partial charge in [0.2, 0.25) is 0 Å². The summed E-state index contributed by atoms with van der Waals surface area (Å²) in [6.45, 7) is 4.51. The SMILES string of the molecule is C=CC[C@]1(Cn2ccnc2)Sc2cc(Cl)ccc2[C@@H]1OC(=O)c1ccc(Cl)cc1Cl. The summed E-state index contributed by atoms with van der Waals surface area (Å²) in [7, 11) is 0. The lowest BCUT2D eigenvalue weighted by molar-refractivity contribution is 0.0180. The molecule has 0 N–H and O–H groups in total. The maximum Gasteiger partial charge on any atom is 0.340 e. The molecule has 154 valence electrons. The van der Waals surface area contributed by atoms with Crippen molar-refractivity contribution in [3.63, 3.8) is 0 Å². The van der Waals surface area contributed by atoms with Crippen molar-refractivity contribution in [2.75, 3.05) is 0 Å². The number of esters is 1. The molecule has 1 aliphatic rings. The Hall–Kier alpha value is -1.92. The Morgan fingerprint density at radius 1 is 1.23 bits per heavy atom. The summed E-state index contributed by atoms with van der Waals surface area (Å²) >= 11 is 20.1. The normalized spacial score (nSPS) is 20.0. The molecule has 0 unspecified atom stereocenters. The van der Waals surface area contributed by atoms with Gasteiger partial charge in [0.05, 0.1) is 21.7 Å². The largest absolute Gasteiger partial charge is 0.452 e. The first-order chi connectivity index (χ1) is 14.4. The number of imidazole rings is 1. The lowest BCUT2D eigenvalue weighted by atomic mass is 9.91. The van der Waals surface area contributed by atoms with Crippen molar-refractivity contribution in [3.8, 4) is 0 Å². The number of fused-ring (bicyclic) bond motifs is 1. The first-order valence-electron chi connectivity index (χ1n) is 9.13. The van der Waals surface area contributed by atoms with Crippen LogP contribution < -0.4 is 0 Å². The molecule has 3 aromatic rings. The third-order valence-corrected chi connectivity index (χ3v) is 7.20. The van der Waals surface area contributed by atoms with Crippen LogP contribution in [0.1, 0.15) is 28.4 Å². The predicted molar refractivity (Wildman–Crippen MR) is 122 cm³/mol. The van der Waals surface area contributed by atoms with Crippen molar-refractivity contribution < 1.29 is 9.53 Å². The Balaban J connectivity index is 1.75. The number of benzene rings is 2. The van der Waals surface area contributed by atoms with Gasteiger partial charge in [0.1, 0.15) is 6.10 Å². The third-order valence-electron chi connectivity index (χ3n) is 4.92. The van der Waals surface area contributed by atoms with Gasteiger partial charge in [0.25, 0.3) is 0 Å². The average Bonchev–Trinajstić information content (AvgIpc) is 3.28. The lowest BCUT2D eigenvalue weighted by Gasteiger charge is -2.34. The summed E-state index contributed by atoms with van der Waals surface area (Å²) in [4.78, 5) is 18.2. The smallest absolute Gasteiger partial charge is 0.340 e. The van der Waals surface area contributed by atoms with Gasteiger partial charge in [-0.15, -0.1) is 18.3 Å². The monoisotopic (exact) mass is 478 g/mol. The number of halogens is 3. The molecule has 30 heavy (non-hydrogen) atoms. The van der Waals surface area contributed by atoms with Crippen LogP contribution in [-0.4, -0.2) is 20.3 Å². The highest BCUT2D eigenvalue weighted by Gasteiger charge is 2.49. The number of carbonyl (C=O) groups excluding carboxylic acids is 1. The van der Waals surface area contributed by atoms with Crippen LogP contribution in [0.4, 0.5) is 0 Å². The molecule has 0 spiro atoms. The Labute approximate surface area is 193 Å². The van der Waals surface area contributed by atoms with Gasteiger partial charge in [-0.1, -0.05) is 46.9 Å². The van der Waals surface area contributed by atoms with Crippen LogP contribution in [0.25, 0.3) is 0 Å². The van der Waals surface area contributed by atoms with Gasteiger partial charge in [-0.3, -0.25) is 0 Å². The quantitative estimate of drug-likeness (QED) is 0.286. The van der Waals surface area contributed by atoms with Crippen LogP contribution in [0.3, 0.4) is 0 Å². The number of ether oxygens (including phenoxy) is 1. The van der Waals surface area contributed by atoms with Gasteiger partial charge in [-0.2, -0.15) is 0 Å². The molecule has 0 saturated carbocycles. The van der Waals surface area contributed by atoms with Crippen molar-refractivity contribution in [3.05, 3.63) is 94.0 Å². The minimum atomic E-state index is -0.533. The van der Waals surface area contributed by atoms with Crippen LogP contribution >= 0.6 is 46.6 Å². The number of carbonyl (C=O) groups is 1. The van der Waals surface area contributed by atoms with Crippen LogP contribution in [0.2, 0.25) is 15.1 Å². The van der Waals surface area contributed by atoms with Crippen molar-refractivity contribution >= 4 is 52.5 Å². The zero-order valence-corrected chi connectivity index (χ0v) is 18.8. The zero-order valence-electron chi connectivity index (χ0n) is 15.7. The summed E-state index contributed by atoms with van der Waals surface area (Å²) in [6.07, 6.45) is 7.27. The zero-order chi connectivity index (χ0) is 21.3. The topological polar surface area (TPSA) is 44.1 Å². The molecule has 0 bridgehead atoms. The fourth-order valence-corrected chi connectivity index (χ4v) is 5.96. The van der Waals surface area contributed by atoms with E-state index in [0.29, 0.717) is 23.0 Å². The lowest BCUT2D eigenvalue weighted by Crippen LogP contribution is -2.36. The van der Waals surface area contributed by atoms with E-state index in [1.807, 2.05) is 29.0 Å². The second kappa shape index (κ2) is 8.67. The number of hydrogen-bond donors (Lipinski definition) is 0. The van der Waals surface area contributed by atoms with E-state index < -0.39 is 16.8 Å². The fourth-order valence-electron chi connectivity index (χ4n) is 3.63. The summed E-state index contributed by atoms with van der Waals surface area (Å²) in [5.74, 6) is -0.510. The summed E-state index contributed by atoms with van der Waals surface area (Å²) in [5.41, 5.74) is 1.17. The van der Waals surface area contributed by atoms with Crippen LogP contribution in [0.5, 0.6) is 0 Å². The maximum absolute atomic E-state index is 13.1. The second-order valence-electron chi connectivity index (χ2n) is 6.99. The highest BCUT2D eigenvalue weighted by atomic mass is 35.5. The molecule has 2 heterocycles. The molecule has 4 rings (SSSR count). The third kappa shape index (κ3) is 4.12. The maximum atomic E-state index is 13.1. The molecule has 1 aromatic heterocycles. The number of nitrogens with zero attached hydrogens (tertiary/aromatic N) is 2. The van der Waals surface area contributed by atoms with Crippen molar-refractivity contribution in [2.45, 2.75) is 28.7 Å². The van der Waals surface area contributed by atoms with Crippen molar-refractivity contribution in [2.24, 2.45) is 0 Å². The minimum absolute atomic E-state index is 0.249. The van der Waals surface area contributed by atoms with E-state index >= 15 is 0 Å². The van der Waals surface area contributed by atoms with E-state index in [2.05, 4.69) is 11.6 Å². The number of thioether (sulfide) groups is 1. The Morgan fingerprint density at radius 2 is 2.00 bits per heavy atom. The van der Waals surface area contributed by atoms with E-state index in [4.69, 9.17) is 39.5 Å². The van der Waals surface area contributed by atoms with E-state index in [0.717, 1.165) is 10.5 Å². The average molecular weight is 480 g/mol. The number of rotatable bonds is 6. The Kier molecular flexibility index (Phi) is 6.16. The molecule has 0 fully saturated rings. The molecule has 1 aliphatic heterocycles. The van der Waals surface area contributed by atoms with Crippen molar-refractivity contribution in [1.29, 1.82) is 0 Å². The molecule has 0 saturated heterocycles. The fraction of sp³-hybridized carbons (Fsp3) is 0.182. The first kappa shape index (κ1) is 21.3. The van der Waals surface area contributed by atoms with Gasteiger partial charge in [0.15, 0.2) is 0 Å². The molecular weight excluding hydrogens is 463 g/mol. The molecule has 0 radical (unpaired) electrons. The van der Waals surface area contributed by atoms with E-state index in [1.165, 1.54) is 6.07 Å². The van der Waals surface area contributed by atoms with E-state index in [1.54, 1.807) is 42.5 Å². The molecule has 0 aliphatic carbocycles. The summed E-state index contributed by atoms with van der Waals surface area (Å²) in [6, 6.07) is 10.3. The molecule has 8 heteroatoms. The van der Waals surface area contributed by atoms with Crippen LogP contribution in [0.15, 0.2) is 72.7 Å². The number of aromatic nitrogens is 2. The molecule has 4 nitrogen and oxygen atoms in total. The van der Waals surface area contributed by atoms with Gasteiger partial charge in [-0.05, 0) is 36.8 Å². The Bertz CT molecular complexity index is 1100. The second-order valence-corrected chi connectivity index (χ2v) is 9.72. The van der Waals surface area contributed by atoms with E-state index in [9.17, 15) is 4.79 Å². The molecule has 2 atom stereocenters. The Morgan fingerprint density at radius 3 is 2.70 bits per heavy atom. The standard InChI is InChI=1S/C22H17Cl3N2O2S/c1-2-7-22(12-27-9-8-26-13-27)20(17-6-4-15(24)11-19(17)30-22)29-21(28)16-5-3-14(23)10-18(16)25/h2-6,8-11,13,20H,1,7,12H2/t20-,22+/m0/s1. The van der Waals surface area contributed by atoms with Crippen molar-refractivity contribution in [1.82, 2.24) is 9.55 Å². The predicted octanol–water partition coefficient (Wildman–Crippen LogP) is 6.86. The van der Waals surface area contributed by atoms with E-state index in [-0.39, 0.29) is 10.6 Å². The van der Waals surface area contributed by atoms with Crippen LogP contribution in [-0.2, 0) is 11.3 Å². The summed E-state index contributed by atoms with van der Waals surface area (Å²) < 4.78 is 7.55. The van der Waals surface area contributed by atoms with Gasteiger partial charge < -0.3 is 9.30 Å². The highest BCUT2D eigenvalue weighted by Crippen LogP contribution is 2.57. The van der Waals surface area contributed by atoms with Gasteiger partial charge in [-0.25, -0.2) is 9.78 Å².